The molecule has 0 bridgehead atoms. The number of amides is 1. The van der Waals surface area contributed by atoms with Crippen LogP contribution in [-0.2, 0) is 19.2 Å². The highest BCUT2D eigenvalue weighted by molar-refractivity contribution is 8.00. The Bertz CT molecular complexity index is 800. The molecule has 9 nitrogen and oxygen atoms in total. The van der Waals surface area contributed by atoms with Crippen LogP contribution in [0.4, 0.5) is 0 Å². The number of aliphatic hydroxyl groups excluding tert-OH is 1. The van der Waals surface area contributed by atoms with Gasteiger partial charge in [-0.2, -0.15) is 11.8 Å². The van der Waals surface area contributed by atoms with Crippen molar-refractivity contribution in [3.63, 3.8) is 0 Å². The Kier molecular flexibility index (Phi) is 5.14. The molecular weight excluding hydrogens is 364 g/mol. The number of furan rings is 1. The largest absolute Gasteiger partial charge is 0.478 e. The highest BCUT2D eigenvalue weighted by atomic mass is 32.2. The lowest BCUT2D eigenvalue weighted by Gasteiger charge is -2.46. The van der Waals surface area contributed by atoms with E-state index in [1.807, 2.05) is 0 Å². The Morgan fingerprint density at radius 3 is 2.85 bits per heavy atom. The second-order valence-electron chi connectivity index (χ2n) is 5.69. The number of hydrogen-bond acceptors (Lipinski definition) is 8. The molecule has 1 aromatic heterocycles. The summed E-state index contributed by atoms with van der Waals surface area (Å²) in [6.45, 7) is -0.411. The van der Waals surface area contributed by atoms with Crippen LogP contribution in [0.25, 0.3) is 0 Å². The van der Waals surface area contributed by atoms with E-state index in [9.17, 15) is 24.6 Å². The third-order valence-corrected chi connectivity index (χ3v) is 5.72. The fourth-order valence-corrected chi connectivity index (χ4v) is 4.56. The van der Waals surface area contributed by atoms with E-state index < -0.39 is 41.5 Å². The lowest BCUT2D eigenvalue weighted by Crippen LogP contribution is -2.66. The fraction of sp³-hybridized carbons (Fsp3) is 0.375. The molecule has 1 amide bonds. The van der Waals surface area contributed by atoms with Crippen LogP contribution in [0.15, 0.2) is 39.1 Å². The molecule has 0 saturated heterocycles. The Morgan fingerprint density at radius 1 is 1.50 bits per heavy atom. The Labute approximate surface area is 152 Å². The number of oxime groups is 1. The maximum absolute atomic E-state index is 12.5. The van der Waals surface area contributed by atoms with E-state index >= 15 is 0 Å². The summed E-state index contributed by atoms with van der Waals surface area (Å²) < 4.78 is 5.14. The minimum Gasteiger partial charge on any atom is -0.478 e. The molecule has 3 rings (SSSR count). The van der Waals surface area contributed by atoms with Gasteiger partial charge in [-0.15, -0.1) is 0 Å². The molecular formula is C16H16N2O7S. The molecule has 1 aliphatic heterocycles. The van der Waals surface area contributed by atoms with Gasteiger partial charge in [-0.1, -0.05) is 5.16 Å². The van der Waals surface area contributed by atoms with Crippen molar-refractivity contribution < 1.29 is 33.9 Å². The van der Waals surface area contributed by atoms with Crippen LogP contribution in [0.3, 0.4) is 0 Å². The molecule has 1 fully saturated rings. The average Bonchev–Trinajstić information content (AvgIpc) is 3.16. The van der Waals surface area contributed by atoms with Gasteiger partial charge in [0.25, 0.3) is 5.91 Å². The summed E-state index contributed by atoms with van der Waals surface area (Å²) in [5.41, 5.74) is 0.141. The van der Waals surface area contributed by atoms with Crippen molar-refractivity contribution in [3.8, 4) is 0 Å². The molecule has 10 heteroatoms. The molecule has 2 aliphatic rings. The molecule has 1 saturated carbocycles. The zero-order valence-electron chi connectivity index (χ0n) is 13.7. The molecule has 0 aromatic carbocycles. The van der Waals surface area contributed by atoms with Gasteiger partial charge in [0.1, 0.15) is 13.2 Å². The number of aliphatic carboxylic acids is 1. The molecule has 2 heterocycles. The van der Waals surface area contributed by atoms with Crippen LogP contribution < -0.4 is 5.32 Å². The second kappa shape index (κ2) is 7.34. The maximum Gasteiger partial charge on any atom is 0.332 e. The summed E-state index contributed by atoms with van der Waals surface area (Å²) in [7, 11) is 1.28. The topological polar surface area (TPSA) is 138 Å². The maximum atomic E-state index is 12.5. The SMILES string of the molecule is CO/N=C(\C(=O)N[C@@H]1C(=O)C2C(C(=O)O)=C(CO)CS[C@@H]21)c1ccco1. The zero-order valence-corrected chi connectivity index (χ0v) is 14.5. The molecule has 3 N–H and O–H groups in total. The van der Waals surface area contributed by atoms with Crippen LogP contribution in [0, 0.1) is 5.92 Å². The summed E-state index contributed by atoms with van der Waals surface area (Å²) in [6.07, 6.45) is 1.37. The molecule has 1 aromatic rings. The van der Waals surface area contributed by atoms with Crippen molar-refractivity contribution >= 4 is 35.1 Å². The first-order chi connectivity index (χ1) is 12.5. The summed E-state index contributed by atoms with van der Waals surface area (Å²) in [4.78, 5) is 41.1. The number of nitrogens with one attached hydrogen (secondary N) is 1. The summed E-state index contributed by atoms with van der Waals surface area (Å²) >= 11 is 1.33. The molecule has 0 spiro atoms. The molecule has 26 heavy (non-hydrogen) atoms. The van der Waals surface area contributed by atoms with E-state index in [0.29, 0.717) is 5.57 Å². The van der Waals surface area contributed by atoms with E-state index in [1.165, 1.54) is 31.2 Å². The van der Waals surface area contributed by atoms with Crippen molar-refractivity contribution in [1.29, 1.82) is 0 Å². The number of Topliss-reactive ketones (excluding diaryl/α,β-unsaturated/α-hetero) is 1. The summed E-state index contributed by atoms with van der Waals surface area (Å²) in [5.74, 6) is -2.67. The predicted molar refractivity (Wildman–Crippen MR) is 90.7 cm³/mol. The van der Waals surface area contributed by atoms with Gasteiger partial charge in [0, 0.05) is 11.0 Å². The number of rotatable bonds is 6. The van der Waals surface area contributed by atoms with Gasteiger partial charge >= 0.3 is 5.97 Å². The fourth-order valence-electron chi connectivity index (χ4n) is 3.07. The van der Waals surface area contributed by atoms with Crippen LogP contribution in [-0.4, -0.2) is 64.3 Å². The van der Waals surface area contributed by atoms with Gasteiger partial charge < -0.3 is 24.8 Å². The number of carbonyl (C=O) groups is 3. The number of carboxylic acids is 1. The molecule has 0 radical (unpaired) electrons. The van der Waals surface area contributed by atoms with Gasteiger partial charge in [-0.3, -0.25) is 9.59 Å². The van der Waals surface area contributed by atoms with Crippen molar-refractivity contribution in [2.45, 2.75) is 11.3 Å². The van der Waals surface area contributed by atoms with E-state index in [-0.39, 0.29) is 22.8 Å². The van der Waals surface area contributed by atoms with Gasteiger partial charge in [0.05, 0.1) is 24.4 Å². The number of hydrogen-bond donors (Lipinski definition) is 3. The number of nitrogens with zero attached hydrogens (tertiary/aromatic N) is 1. The Hall–Kier alpha value is -2.59. The minimum atomic E-state index is -1.22. The molecule has 1 aliphatic carbocycles. The standard InChI is InChI=1S/C16H16N2O7S/c1-24-18-11(8-3-2-4-25-8)15(21)17-12-13(20)10-9(16(22)23)7(5-19)6-26-14(10)12/h2-4,10,12,14,19H,5-6H2,1H3,(H,17,21)(H,22,23)/b18-11-/t10?,12-,14+/m1/s1. The lowest BCUT2D eigenvalue weighted by atomic mass is 9.71. The number of fused-ring (bicyclic) bond motifs is 1. The van der Waals surface area contributed by atoms with Crippen LogP contribution in [0.5, 0.6) is 0 Å². The minimum absolute atomic E-state index is 0.0661. The molecule has 3 atom stereocenters. The second-order valence-corrected chi connectivity index (χ2v) is 6.85. The van der Waals surface area contributed by atoms with E-state index in [1.54, 1.807) is 6.07 Å². The van der Waals surface area contributed by atoms with Crippen molar-refractivity contribution in [2.75, 3.05) is 19.5 Å². The van der Waals surface area contributed by atoms with Gasteiger partial charge in [0.2, 0.25) is 5.71 Å². The number of carbonyl (C=O) groups excluding carboxylic acids is 2. The normalized spacial score (nSPS) is 25.4. The summed E-state index contributed by atoms with van der Waals surface area (Å²) in [6, 6.07) is 2.26. The lowest BCUT2D eigenvalue weighted by molar-refractivity contribution is -0.139. The van der Waals surface area contributed by atoms with Crippen LogP contribution >= 0.6 is 11.8 Å². The highest BCUT2D eigenvalue weighted by Gasteiger charge is 2.56. The first kappa shape index (κ1) is 18.2. The van der Waals surface area contributed by atoms with Crippen LogP contribution in [0.1, 0.15) is 5.76 Å². The zero-order chi connectivity index (χ0) is 18.8. The van der Waals surface area contributed by atoms with Crippen molar-refractivity contribution in [1.82, 2.24) is 5.32 Å². The molecule has 138 valence electrons. The van der Waals surface area contributed by atoms with Crippen LogP contribution in [0.2, 0.25) is 0 Å². The monoisotopic (exact) mass is 380 g/mol. The number of aliphatic hydroxyl groups is 1. The Morgan fingerprint density at radius 2 is 2.27 bits per heavy atom. The third-order valence-electron chi connectivity index (χ3n) is 4.27. The first-order valence-electron chi connectivity index (χ1n) is 7.66. The molecule has 1 unspecified atom stereocenters. The predicted octanol–water partition coefficient (Wildman–Crippen LogP) is -0.197. The number of carboxylic acid groups (broad SMARTS) is 1. The first-order valence-corrected chi connectivity index (χ1v) is 8.71. The Balaban J connectivity index is 1.78. The van der Waals surface area contributed by atoms with Crippen molar-refractivity contribution in [2.24, 2.45) is 11.1 Å². The summed E-state index contributed by atoms with van der Waals surface area (Å²) in [5, 5.41) is 24.5. The number of ketones is 1. The van der Waals surface area contributed by atoms with E-state index in [4.69, 9.17) is 4.42 Å². The highest BCUT2D eigenvalue weighted by Crippen LogP contribution is 2.45. The number of thioether (sulfide) groups is 1. The van der Waals surface area contributed by atoms with Crippen molar-refractivity contribution in [3.05, 3.63) is 35.3 Å². The smallest absolute Gasteiger partial charge is 0.332 e. The van der Waals surface area contributed by atoms with E-state index in [0.717, 1.165) is 0 Å². The van der Waals surface area contributed by atoms with E-state index in [2.05, 4.69) is 15.3 Å². The van der Waals surface area contributed by atoms with Gasteiger partial charge in [-0.25, -0.2) is 4.79 Å². The third kappa shape index (κ3) is 3.01. The quantitative estimate of drug-likeness (QED) is 0.456. The van der Waals surface area contributed by atoms with Gasteiger partial charge in [-0.05, 0) is 17.7 Å². The van der Waals surface area contributed by atoms with Gasteiger partial charge in [0.15, 0.2) is 11.5 Å². The average molecular weight is 380 g/mol.